The lowest BCUT2D eigenvalue weighted by Gasteiger charge is -2.32. The number of hydrogen-bond donors (Lipinski definition) is 2. The van der Waals surface area contributed by atoms with Gasteiger partial charge in [-0.2, -0.15) is 0 Å². The Bertz CT molecular complexity index is 2070. The Morgan fingerprint density at radius 2 is 1.63 bits per heavy atom. The van der Waals surface area contributed by atoms with Crippen LogP contribution in [0.4, 0.5) is 0 Å². The standard InChI is InChI=1S/C40H43ClN4O6S/c1-28-39(46)42-22-23-44(28)24-26-52(48,49)43-21-19-37-34(20-25-51-33-16-13-31(14-17-33)40(47)50-2)35-27-32(41)15-18-36(35)45(37)38(29-9-5-3-6-10-29)30-11-7-4-8-12-30/h3-18,27-28,38,43H,19-26H2,1-2H3,(H,42,46). The van der Waals surface area contributed by atoms with Crippen molar-refractivity contribution in [2.75, 3.05) is 45.6 Å². The monoisotopic (exact) mass is 742 g/mol. The van der Waals surface area contributed by atoms with Gasteiger partial charge in [-0.25, -0.2) is 17.9 Å². The molecule has 1 saturated heterocycles. The topological polar surface area (TPSA) is 119 Å². The highest BCUT2D eigenvalue weighted by Gasteiger charge is 2.28. The van der Waals surface area contributed by atoms with Crippen molar-refractivity contribution in [2.45, 2.75) is 31.8 Å². The van der Waals surface area contributed by atoms with E-state index in [0.717, 1.165) is 33.3 Å². The average molecular weight is 743 g/mol. The third-order valence-corrected chi connectivity index (χ3v) is 11.1. The Kier molecular flexibility index (Phi) is 12.0. The van der Waals surface area contributed by atoms with Crippen molar-refractivity contribution in [1.82, 2.24) is 19.5 Å². The summed E-state index contributed by atoms with van der Waals surface area (Å²) in [6, 6.07) is 32.6. The van der Waals surface area contributed by atoms with E-state index in [9.17, 15) is 18.0 Å². The summed E-state index contributed by atoms with van der Waals surface area (Å²) in [5, 5.41) is 4.37. The van der Waals surface area contributed by atoms with Gasteiger partial charge in [0.25, 0.3) is 0 Å². The number of methoxy groups -OCH3 is 1. The van der Waals surface area contributed by atoms with Crippen LogP contribution >= 0.6 is 11.6 Å². The summed E-state index contributed by atoms with van der Waals surface area (Å²) in [5.41, 5.74) is 5.53. The fraction of sp³-hybridized carbons (Fsp3) is 0.300. The summed E-state index contributed by atoms with van der Waals surface area (Å²) in [7, 11) is -2.31. The first-order valence-corrected chi connectivity index (χ1v) is 19.4. The second-order valence-corrected chi connectivity index (χ2v) is 15.1. The van der Waals surface area contributed by atoms with Gasteiger partial charge >= 0.3 is 5.97 Å². The van der Waals surface area contributed by atoms with Gasteiger partial charge in [0, 0.05) is 60.6 Å². The Balaban J connectivity index is 1.34. The molecule has 10 nitrogen and oxygen atoms in total. The Labute approximate surface area is 309 Å². The van der Waals surface area contributed by atoms with E-state index in [2.05, 4.69) is 38.9 Å². The van der Waals surface area contributed by atoms with Gasteiger partial charge in [-0.3, -0.25) is 9.69 Å². The first-order chi connectivity index (χ1) is 25.1. The smallest absolute Gasteiger partial charge is 0.337 e. The molecule has 5 aromatic rings. The lowest BCUT2D eigenvalue weighted by molar-refractivity contribution is -0.128. The number of rotatable bonds is 15. The molecule has 1 aliphatic rings. The molecule has 2 N–H and O–H groups in total. The van der Waals surface area contributed by atoms with E-state index in [1.807, 2.05) is 59.5 Å². The zero-order valence-corrected chi connectivity index (χ0v) is 30.8. The molecule has 0 spiro atoms. The maximum atomic E-state index is 13.3. The molecule has 1 fully saturated rings. The third kappa shape index (κ3) is 8.67. The van der Waals surface area contributed by atoms with Gasteiger partial charge in [-0.15, -0.1) is 0 Å². The maximum absolute atomic E-state index is 13.3. The van der Waals surface area contributed by atoms with Crippen molar-refractivity contribution in [3.05, 3.63) is 136 Å². The van der Waals surface area contributed by atoms with Gasteiger partial charge in [0.2, 0.25) is 15.9 Å². The number of benzene rings is 4. The molecule has 12 heteroatoms. The molecule has 0 bridgehead atoms. The van der Waals surface area contributed by atoms with Gasteiger partial charge in [0.15, 0.2) is 0 Å². The van der Waals surface area contributed by atoms with Gasteiger partial charge in [0.05, 0.1) is 37.1 Å². The number of hydrogen-bond acceptors (Lipinski definition) is 7. The average Bonchev–Trinajstić information content (AvgIpc) is 3.44. The summed E-state index contributed by atoms with van der Waals surface area (Å²) in [6.07, 6.45) is 0.906. The zero-order chi connectivity index (χ0) is 36.7. The van der Waals surface area contributed by atoms with Gasteiger partial charge in [-0.1, -0.05) is 72.3 Å². The van der Waals surface area contributed by atoms with E-state index in [-0.39, 0.29) is 36.8 Å². The van der Waals surface area contributed by atoms with Crippen LogP contribution in [-0.4, -0.2) is 81.5 Å². The van der Waals surface area contributed by atoms with Crippen LogP contribution in [0.25, 0.3) is 10.9 Å². The van der Waals surface area contributed by atoms with Crippen LogP contribution in [-0.2, 0) is 32.4 Å². The van der Waals surface area contributed by atoms with Crippen LogP contribution in [0.3, 0.4) is 0 Å². The minimum atomic E-state index is -3.66. The molecule has 0 saturated carbocycles. The second kappa shape index (κ2) is 16.8. The van der Waals surface area contributed by atoms with Crippen molar-refractivity contribution in [2.24, 2.45) is 0 Å². The number of carbonyl (C=O) groups excluding carboxylic acids is 2. The number of nitrogens with zero attached hydrogens (tertiary/aromatic N) is 2. The number of piperazine rings is 1. The van der Waals surface area contributed by atoms with E-state index < -0.39 is 16.0 Å². The van der Waals surface area contributed by atoms with Crippen molar-refractivity contribution in [3.8, 4) is 5.75 Å². The van der Waals surface area contributed by atoms with E-state index in [0.29, 0.717) is 48.9 Å². The summed E-state index contributed by atoms with van der Waals surface area (Å²) in [5.74, 6) is -0.0207. The highest BCUT2D eigenvalue weighted by molar-refractivity contribution is 7.89. The number of sulfonamides is 1. The fourth-order valence-corrected chi connectivity index (χ4v) is 8.06. The molecular weight excluding hydrogens is 700 g/mol. The highest BCUT2D eigenvalue weighted by atomic mass is 35.5. The molecule has 2 heterocycles. The predicted molar refractivity (Wildman–Crippen MR) is 204 cm³/mol. The lowest BCUT2D eigenvalue weighted by Crippen LogP contribution is -2.55. The molecule has 1 aromatic heterocycles. The van der Waals surface area contributed by atoms with Crippen LogP contribution in [0, 0.1) is 0 Å². The number of amides is 1. The molecule has 1 aliphatic heterocycles. The molecule has 1 unspecified atom stereocenters. The molecule has 0 radical (unpaired) electrons. The molecule has 1 amide bonds. The molecule has 52 heavy (non-hydrogen) atoms. The molecule has 272 valence electrons. The minimum Gasteiger partial charge on any atom is -0.493 e. The first kappa shape index (κ1) is 37.1. The number of fused-ring (bicyclic) bond motifs is 1. The van der Waals surface area contributed by atoms with Crippen LogP contribution in [0.1, 0.15) is 45.7 Å². The van der Waals surface area contributed by atoms with Crippen LogP contribution in [0.5, 0.6) is 5.75 Å². The molecule has 0 aliphatic carbocycles. The van der Waals surface area contributed by atoms with Gasteiger partial charge < -0.3 is 19.4 Å². The summed E-state index contributed by atoms with van der Waals surface area (Å²) in [4.78, 5) is 25.9. The third-order valence-electron chi connectivity index (χ3n) is 9.52. The number of aromatic nitrogens is 1. The van der Waals surface area contributed by atoms with Crippen molar-refractivity contribution < 1.29 is 27.5 Å². The van der Waals surface area contributed by atoms with Gasteiger partial charge in [0.1, 0.15) is 5.75 Å². The van der Waals surface area contributed by atoms with Crippen molar-refractivity contribution >= 4 is 44.4 Å². The number of carbonyl (C=O) groups is 2. The summed E-state index contributed by atoms with van der Waals surface area (Å²) >= 11 is 6.63. The molecular formula is C40H43ClN4O6S. The van der Waals surface area contributed by atoms with Crippen molar-refractivity contribution in [1.29, 1.82) is 0 Å². The number of ether oxygens (including phenoxy) is 2. The van der Waals surface area contributed by atoms with E-state index in [1.165, 1.54) is 7.11 Å². The van der Waals surface area contributed by atoms with Gasteiger partial charge in [-0.05, 0) is 66.1 Å². The second-order valence-electron chi connectivity index (χ2n) is 12.8. The number of esters is 1. The fourth-order valence-electron chi connectivity index (χ4n) is 6.86. The Hall–Kier alpha value is -4.68. The molecule has 1 atom stereocenters. The maximum Gasteiger partial charge on any atom is 0.337 e. The Morgan fingerprint density at radius 3 is 2.29 bits per heavy atom. The summed E-state index contributed by atoms with van der Waals surface area (Å²) in [6.45, 7) is 3.65. The Morgan fingerprint density at radius 1 is 0.962 bits per heavy atom. The van der Waals surface area contributed by atoms with Crippen LogP contribution in [0.15, 0.2) is 103 Å². The van der Waals surface area contributed by atoms with E-state index >= 15 is 0 Å². The van der Waals surface area contributed by atoms with E-state index in [1.54, 1.807) is 31.2 Å². The summed E-state index contributed by atoms with van der Waals surface area (Å²) < 4.78 is 42.8. The SMILES string of the molecule is COC(=O)c1ccc(OCCc2c(CCNS(=O)(=O)CCN3CCNC(=O)C3C)n(C(c3ccccc3)c3ccccc3)c3ccc(Cl)cc23)cc1. The molecule has 4 aromatic carbocycles. The quantitative estimate of drug-likeness (QED) is 0.134. The minimum absolute atomic E-state index is 0.0920. The van der Waals surface area contributed by atoms with E-state index in [4.69, 9.17) is 21.1 Å². The van der Waals surface area contributed by atoms with Crippen molar-refractivity contribution in [3.63, 3.8) is 0 Å². The highest BCUT2D eigenvalue weighted by Crippen LogP contribution is 2.37. The first-order valence-electron chi connectivity index (χ1n) is 17.4. The predicted octanol–water partition coefficient (Wildman–Crippen LogP) is 5.62. The lowest BCUT2D eigenvalue weighted by atomic mass is 9.97. The normalized spacial score (nSPS) is 15.2. The van der Waals surface area contributed by atoms with Crippen LogP contribution in [0.2, 0.25) is 5.02 Å². The largest absolute Gasteiger partial charge is 0.493 e. The zero-order valence-electron chi connectivity index (χ0n) is 29.3. The number of halogens is 1. The van der Waals surface area contributed by atoms with Crippen LogP contribution < -0.4 is 14.8 Å². The molecule has 6 rings (SSSR count). The number of nitrogens with one attached hydrogen (secondary N) is 2.